The molecule has 1 aliphatic rings. The third kappa shape index (κ3) is 5.93. The highest BCUT2D eigenvalue weighted by Crippen LogP contribution is 2.18. The normalized spacial score (nSPS) is 17.8. The number of hydrogen-bond acceptors (Lipinski definition) is 2. The molecule has 0 aromatic heterocycles. The summed E-state index contributed by atoms with van der Waals surface area (Å²) < 4.78 is 10.8. The number of epoxide rings is 1. The van der Waals surface area contributed by atoms with Crippen LogP contribution in [-0.2, 0) is 11.2 Å². The van der Waals surface area contributed by atoms with E-state index in [0.29, 0.717) is 12.7 Å². The molecule has 2 nitrogen and oxygen atoms in total. The van der Waals surface area contributed by atoms with E-state index in [1.54, 1.807) is 0 Å². The second-order valence-electron chi connectivity index (χ2n) is 5.08. The Labute approximate surface area is 116 Å². The molecule has 0 bridgehead atoms. The molecule has 1 unspecified atom stereocenters. The van der Waals surface area contributed by atoms with Crippen molar-refractivity contribution in [1.82, 2.24) is 0 Å². The molecule has 1 saturated heterocycles. The molecule has 0 N–H and O–H groups in total. The molecule has 2 heteroatoms. The van der Waals surface area contributed by atoms with E-state index < -0.39 is 0 Å². The summed E-state index contributed by atoms with van der Waals surface area (Å²) in [4.78, 5) is 0. The van der Waals surface area contributed by atoms with Gasteiger partial charge in [-0.1, -0.05) is 30.7 Å². The lowest BCUT2D eigenvalue weighted by Gasteiger charge is -2.06. The van der Waals surface area contributed by atoms with Gasteiger partial charge in [0.25, 0.3) is 0 Å². The monoisotopic (exact) mass is 260 g/mol. The fraction of sp³-hybridized carbons (Fsp3) is 0.529. The summed E-state index contributed by atoms with van der Waals surface area (Å²) in [5.41, 5.74) is 1.38. The van der Waals surface area contributed by atoms with E-state index in [-0.39, 0.29) is 0 Å². The highest BCUT2D eigenvalue weighted by molar-refractivity contribution is 5.28. The van der Waals surface area contributed by atoms with Gasteiger partial charge in [0, 0.05) is 0 Å². The molecule has 1 heterocycles. The van der Waals surface area contributed by atoms with Crippen molar-refractivity contribution in [3.05, 3.63) is 42.0 Å². The molecule has 0 spiro atoms. The van der Waals surface area contributed by atoms with Crippen LogP contribution >= 0.6 is 0 Å². The number of allylic oxidation sites excluding steroid dienone is 2. The smallest absolute Gasteiger partial charge is 0.119 e. The molecule has 0 radical (unpaired) electrons. The maximum atomic E-state index is 5.70. The van der Waals surface area contributed by atoms with Gasteiger partial charge < -0.3 is 9.47 Å². The zero-order chi connectivity index (χ0) is 13.3. The molecule has 104 valence electrons. The average Bonchev–Trinajstić information content (AvgIpc) is 3.25. The highest BCUT2D eigenvalue weighted by Gasteiger charge is 2.22. The van der Waals surface area contributed by atoms with Crippen molar-refractivity contribution < 1.29 is 9.47 Å². The van der Waals surface area contributed by atoms with Gasteiger partial charge in [-0.2, -0.15) is 0 Å². The zero-order valence-electron chi connectivity index (χ0n) is 11.8. The van der Waals surface area contributed by atoms with Gasteiger partial charge in [0.15, 0.2) is 0 Å². The Hall–Kier alpha value is -1.28. The van der Waals surface area contributed by atoms with Crippen LogP contribution < -0.4 is 4.74 Å². The molecule has 0 amide bonds. The fourth-order valence-electron chi connectivity index (χ4n) is 2.08. The molecule has 1 atom stereocenters. The number of ether oxygens (including phenoxy) is 2. The van der Waals surface area contributed by atoms with E-state index in [4.69, 9.17) is 9.47 Å². The molecule has 1 aromatic rings. The Morgan fingerprint density at radius 3 is 3.00 bits per heavy atom. The summed E-state index contributed by atoms with van der Waals surface area (Å²) >= 11 is 0. The Morgan fingerprint density at radius 2 is 2.21 bits per heavy atom. The predicted molar refractivity (Wildman–Crippen MR) is 78.7 cm³/mol. The van der Waals surface area contributed by atoms with Crippen LogP contribution in [0.5, 0.6) is 5.75 Å². The third-order valence-corrected chi connectivity index (χ3v) is 3.31. The predicted octanol–water partition coefficient (Wildman–Crippen LogP) is 4.14. The largest absolute Gasteiger partial charge is 0.491 e. The molecule has 1 aromatic carbocycles. The van der Waals surface area contributed by atoms with Crippen molar-refractivity contribution in [2.45, 2.75) is 45.1 Å². The van der Waals surface area contributed by atoms with E-state index in [2.05, 4.69) is 37.3 Å². The van der Waals surface area contributed by atoms with Crippen molar-refractivity contribution in [3.63, 3.8) is 0 Å². The highest BCUT2D eigenvalue weighted by atomic mass is 16.6. The standard InChI is InChI=1S/C17H24O2/c1-2-3-4-5-6-7-9-15-10-8-11-16(12-15)18-13-17-14-19-17/h2-3,8,10-12,17H,4-7,9,13-14H2,1H3/b3-2+. The van der Waals surface area contributed by atoms with Gasteiger partial charge in [0.2, 0.25) is 0 Å². The molecule has 1 aliphatic heterocycles. The summed E-state index contributed by atoms with van der Waals surface area (Å²) in [6, 6.07) is 8.46. The second kappa shape index (κ2) is 8.00. The molecule has 0 aliphatic carbocycles. The first kappa shape index (κ1) is 14.1. The summed E-state index contributed by atoms with van der Waals surface area (Å²) in [5.74, 6) is 0.974. The minimum atomic E-state index is 0.329. The summed E-state index contributed by atoms with van der Waals surface area (Å²) in [6.07, 6.45) is 10.9. The van der Waals surface area contributed by atoms with Crippen LogP contribution in [0.3, 0.4) is 0 Å². The van der Waals surface area contributed by atoms with Crippen LogP contribution in [0.25, 0.3) is 0 Å². The van der Waals surface area contributed by atoms with Crippen molar-refractivity contribution >= 4 is 0 Å². The number of hydrogen-bond donors (Lipinski definition) is 0. The van der Waals surface area contributed by atoms with Gasteiger partial charge >= 0.3 is 0 Å². The topological polar surface area (TPSA) is 21.8 Å². The third-order valence-electron chi connectivity index (χ3n) is 3.31. The van der Waals surface area contributed by atoms with Gasteiger partial charge in [-0.05, 0) is 50.3 Å². The molecule has 1 fully saturated rings. The Bertz CT molecular complexity index is 394. The van der Waals surface area contributed by atoms with Crippen molar-refractivity contribution in [3.8, 4) is 5.75 Å². The first-order chi connectivity index (χ1) is 9.38. The lowest BCUT2D eigenvalue weighted by molar-refractivity contribution is 0.263. The lowest BCUT2D eigenvalue weighted by atomic mass is 10.1. The number of rotatable bonds is 9. The van der Waals surface area contributed by atoms with Crippen molar-refractivity contribution in [2.24, 2.45) is 0 Å². The van der Waals surface area contributed by atoms with Gasteiger partial charge in [-0.15, -0.1) is 0 Å². The van der Waals surface area contributed by atoms with Gasteiger partial charge in [-0.25, -0.2) is 0 Å². The summed E-state index contributed by atoms with van der Waals surface area (Å²) in [7, 11) is 0. The van der Waals surface area contributed by atoms with E-state index in [1.807, 2.05) is 6.07 Å². The van der Waals surface area contributed by atoms with E-state index in [0.717, 1.165) is 18.8 Å². The lowest BCUT2D eigenvalue weighted by Crippen LogP contribution is -2.04. The molecule has 0 saturated carbocycles. The maximum absolute atomic E-state index is 5.70. The molecular weight excluding hydrogens is 236 g/mol. The number of unbranched alkanes of at least 4 members (excludes halogenated alkanes) is 3. The van der Waals surface area contributed by atoms with Crippen LogP contribution in [0.2, 0.25) is 0 Å². The fourth-order valence-corrected chi connectivity index (χ4v) is 2.08. The van der Waals surface area contributed by atoms with Crippen LogP contribution in [0.1, 0.15) is 38.2 Å². The van der Waals surface area contributed by atoms with Crippen LogP contribution in [0, 0.1) is 0 Å². The van der Waals surface area contributed by atoms with Gasteiger partial charge in [0.05, 0.1) is 6.61 Å². The minimum Gasteiger partial charge on any atom is -0.491 e. The number of aryl methyl sites for hydroxylation is 1. The van der Waals surface area contributed by atoms with Crippen LogP contribution in [0.15, 0.2) is 36.4 Å². The number of benzene rings is 1. The Kier molecular flexibility index (Phi) is 5.96. The van der Waals surface area contributed by atoms with E-state index >= 15 is 0 Å². The summed E-state index contributed by atoms with van der Waals surface area (Å²) in [6.45, 7) is 3.62. The van der Waals surface area contributed by atoms with E-state index in [1.165, 1.54) is 31.2 Å². The maximum Gasteiger partial charge on any atom is 0.119 e. The SMILES string of the molecule is C/C=C/CCCCCc1cccc(OCC2CO2)c1. The summed E-state index contributed by atoms with van der Waals surface area (Å²) in [5, 5.41) is 0. The van der Waals surface area contributed by atoms with Crippen LogP contribution in [0.4, 0.5) is 0 Å². The minimum absolute atomic E-state index is 0.329. The Balaban J connectivity index is 1.65. The molecular formula is C17H24O2. The van der Waals surface area contributed by atoms with Gasteiger partial charge in [0.1, 0.15) is 18.5 Å². The Morgan fingerprint density at radius 1 is 1.32 bits per heavy atom. The van der Waals surface area contributed by atoms with Crippen LogP contribution in [-0.4, -0.2) is 19.3 Å². The first-order valence-corrected chi connectivity index (χ1v) is 7.33. The van der Waals surface area contributed by atoms with Crippen molar-refractivity contribution in [2.75, 3.05) is 13.2 Å². The van der Waals surface area contributed by atoms with Gasteiger partial charge in [-0.3, -0.25) is 0 Å². The second-order valence-corrected chi connectivity index (χ2v) is 5.08. The molecule has 2 rings (SSSR count). The average molecular weight is 260 g/mol. The van der Waals surface area contributed by atoms with E-state index in [9.17, 15) is 0 Å². The molecule has 19 heavy (non-hydrogen) atoms. The quantitative estimate of drug-likeness (QED) is 0.378. The zero-order valence-corrected chi connectivity index (χ0v) is 11.8. The first-order valence-electron chi connectivity index (χ1n) is 7.33. The van der Waals surface area contributed by atoms with Crippen molar-refractivity contribution in [1.29, 1.82) is 0 Å².